The summed E-state index contributed by atoms with van der Waals surface area (Å²) in [4.78, 5) is 12.5. The lowest BCUT2D eigenvalue weighted by atomic mass is 10.1. The number of ether oxygens (including phenoxy) is 2. The molecule has 5 nitrogen and oxygen atoms in total. The molecule has 128 valence electrons. The van der Waals surface area contributed by atoms with Gasteiger partial charge in [0.25, 0.3) is 0 Å². The van der Waals surface area contributed by atoms with E-state index in [0.717, 1.165) is 16.8 Å². The number of aromatic nitrogens is 2. The molecule has 0 N–H and O–H groups in total. The molecule has 3 aromatic rings. The molecule has 0 saturated heterocycles. The van der Waals surface area contributed by atoms with Gasteiger partial charge in [-0.05, 0) is 37.6 Å². The Morgan fingerprint density at radius 2 is 1.80 bits per heavy atom. The van der Waals surface area contributed by atoms with Crippen LogP contribution in [0.15, 0.2) is 54.6 Å². The fraction of sp³-hybridized carbons (Fsp3) is 0.200. The highest BCUT2D eigenvalue weighted by Crippen LogP contribution is 2.22. The van der Waals surface area contributed by atoms with E-state index in [1.54, 1.807) is 23.9 Å². The van der Waals surface area contributed by atoms with Crippen LogP contribution in [-0.4, -0.2) is 22.9 Å². The number of benzene rings is 2. The van der Waals surface area contributed by atoms with Crippen molar-refractivity contribution in [3.8, 4) is 11.6 Å². The van der Waals surface area contributed by atoms with E-state index in [1.807, 2.05) is 56.3 Å². The number of hydrogen-bond acceptors (Lipinski definition) is 4. The average Bonchev–Trinajstić information content (AvgIpc) is 2.98. The second-order valence-electron chi connectivity index (χ2n) is 5.86. The van der Waals surface area contributed by atoms with Gasteiger partial charge < -0.3 is 9.47 Å². The maximum Gasteiger partial charge on any atom is 0.345 e. The first-order valence-electron chi connectivity index (χ1n) is 8.01. The van der Waals surface area contributed by atoms with Crippen LogP contribution >= 0.6 is 0 Å². The molecule has 3 rings (SSSR count). The van der Waals surface area contributed by atoms with Crippen LogP contribution in [0.2, 0.25) is 0 Å². The van der Waals surface area contributed by atoms with E-state index >= 15 is 0 Å². The number of esters is 1. The first-order valence-corrected chi connectivity index (χ1v) is 8.01. The second kappa shape index (κ2) is 7.32. The summed E-state index contributed by atoms with van der Waals surface area (Å²) >= 11 is 0. The fourth-order valence-electron chi connectivity index (χ4n) is 2.52. The summed E-state index contributed by atoms with van der Waals surface area (Å²) in [6.45, 7) is 4.24. The monoisotopic (exact) mass is 336 g/mol. The number of rotatable bonds is 5. The summed E-state index contributed by atoms with van der Waals surface area (Å²) in [5.74, 6) is -0.0421. The molecular weight excluding hydrogens is 316 g/mol. The molecule has 0 fully saturated rings. The molecule has 0 bridgehead atoms. The minimum Gasteiger partial charge on any atom is -0.404 e. The molecule has 0 aliphatic heterocycles. The zero-order chi connectivity index (χ0) is 17.8. The predicted octanol–water partition coefficient (Wildman–Crippen LogP) is 3.85. The second-order valence-corrected chi connectivity index (χ2v) is 5.86. The molecule has 2 aromatic carbocycles. The third kappa shape index (κ3) is 3.78. The van der Waals surface area contributed by atoms with Crippen LogP contribution in [0, 0.1) is 13.8 Å². The van der Waals surface area contributed by atoms with Gasteiger partial charge in [-0.3, -0.25) is 0 Å². The largest absolute Gasteiger partial charge is 0.404 e. The number of aryl methyl sites for hydroxylation is 2. The summed E-state index contributed by atoms with van der Waals surface area (Å²) in [6.07, 6.45) is 0. The van der Waals surface area contributed by atoms with Gasteiger partial charge in [0.2, 0.25) is 5.88 Å². The zero-order valence-corrected chi connectivity index (χ0v) is 14.5. The van der Waals surface area contributed by atoms with Crippen LogP contribution in [0.1, 0.15) is 27.2 Å². The van der Waals surface area contributed by atoms with Crippen LogP contribution < -0.4 is 4.74 Å². The van der Waals surface area contributed by atoms with Crippen molar-refractivity contribution < 1.29 is 14.3 Å². The summed E-state index contributed by atoms with van der Waals surface area (Å²) in [6, 6.07) is 16.9. The van der Waals surface area contributed by atoms with Crippen molar-refractivity contribution >= 4 is 5.97 Å². The molecule has 0 amide bonds. The highest BCUT2D eigenvalue weighted by molar-refractivity contribution is 5.92. The molecule has 1 aromatic heterocycles. The molecule has 0 atom stereocenters. The van der Waals surface area contributed by atoms with Crippen LogP contribution in [0.4, 0.5) is 0 Å². The van der Waals surface area contributed by atoms with Gasteiger partial charge in [0, 0.05) is 13.2 Å². The molecule has 0 aliphatic carbocycles. The average molecular weight is 336 g/mol. The molecule has 5 heteroatoms. The van der Waals surface area contributed by atoms with Crippen molar-refractivity contribution in [2.24, 2.45) is 0 Å². The molecule has 0 radical (unpaired) electrons. The van der Waals surface area contributed by atoms with E-state index < -0.39 is 5.97 Å². The lowest BCUT2D eigenvalue weighted by Crippen LogP contribution is -2.13. The Balaban J connectivity index is 1.95. The standard InChI is InChI=1S/C20H20N2O3/c1-14-8-10-17(11-9-14)22-19(12-16(21-22)13-24-3)25-20(23)18-7-5-4-6-15(18)2/h4-12H,13H2,1-3H3. The van der Waals surface area contributed by atoms with E-state index in [0.29, 0.717) is 23.7 Å². The number of carbonyl (C=O) groups is 1. The number of nitrogens with zero attached hydrogens (tertiary/aromatic N) is 2. The van der Waals surface area contributed by atoms with Gasteiger partial charge in [0.1, 0.15) is 0 Å². The first kappa shape index (κ1) is 16.9. The van der Waals surface area contributed by atoms with Crippen molar-refractivity contribution in [3.05, 3.63) is 77.0 Å². The molecule has 0 aliphatic rings. The van der Waals surface area contributed by atoms with Gasteiger partial charge in [0.15, 0.2) is 0 Å². The summed E-state index contributed by atoms with van der Waals surface area (Å²) in [7, 11) is 1.60. The normalized spacial score (nSPS) is 10.7. The van der Waals surface area contributed by atoms with Gasteiger partial charge in [-0.2, -0.15) is 5.10 Å². The van der Waals surface area contributed by atoms with Crippen molar-refractivity contribution in [3.63, 3.8) is 0 Å². The maximum absolute atomic E-state index is 12.5. The highest BCUT2D eigenvalue weighted by atomic mass is 16.5. The number of carbonyl (C=O) groups excluding carboxylic acids is 1. The lowest BCUT2D eigenvalue weighted by molar-refractivity contribution is 0.0722. The van der Waals surface area contributed by atoms with Crippen LogP contribution in [-0.2, 0) is 11.3 Å². The van der Waals surface area contributed by atoms with Gasteiger partial charge in [-0.15, -0.1) is 0 Å². The molecule has 1 heterocycles. The Hall–Kier alpha value is -2.92. The minimum atomic E-state index is -0.407. The smallest absolute Gasteiger partial charge is 0.345 e. The highest BCUT2D eigenvalue weighted by Gasteiger charge is 2.17. The van der Waals surface area contributed by atoms with Crippen LogP contribution in [0.3, 0.4) is 0 Å². The summed E-state index contributed by atoms with van der Waals surface area (Å²) in [5, 5.41) is 4.48. The van der Waals surface area contributed by atoms with Gasteiger partial charge >= 0.3 is 5.97 Å². The summed E-state index contributed by atoms with van der Waals surface area (Å²) in [5.41, 5.74) is 4.06. The Bertz CT molecular complexity index is 882. The Kier molecular flexibility index (Phi) is 4.95. The fourth-order valence-corrected chi connectivity index (χ4v) is 2.52. The number of hydrogen-bond donors (Lipinski definition) is 0. The zero-order valence-electron chi connectivity index (χ0n) is 14.5. The number of methoxy groups -OCH3 is 1. The molecule has 0 unspecified atom stereocenters. The van der Waals surface area contributed by atoms with E-state index in [-0.39, 0.29) is 0 Å². The van der Waals surface area contributed by atoms with Crippen LogP contribution in [0.5, 0.6) is 5.88 Å². The topological polar surface area (TPSA) is 53.4 Å². The summed E-state index contributed by atoms with van der Waals surface area (Å²) < 4.78 is 12.4. The molecular formula is C20H20N2O3. The van der Waals surface area contributed by atoms with E-state index in [1.165, 1.54) is 0 Å². The molecule has 25 heavy (non-hydrogen) atoms. The van der Waals surface area contributed by atoms with Crippen molar-refractivity contribution in [1.82, 2.24) is 9.78 Å². The quantitative estimate of drug-likeness (QED) is 0.664. The molecule has 0 spiro atoms. The third-order valence-electron chi connectivity index (χ3n) is 3.86. The Morgan fingerprint density at radius 1 is 1.08 bits per heavy atom. The van der Waals surface area contributed by atoms with Gasteiger partial charge in [-0.25, -0.2) is 9.48 Å². The maximum atomic E-state index is 12.5. The van der Waals surface area contributed by atoms with Crippen LogP contribution in [0.25, 0.3) is 5.69 Å². The van der Waals surface area contributed by atoms with E-state index in [4.69, 9.17) is 9.47 Å². The Labute approximate surface area is 146 Å². The van der Waals surface area contributed by atoms with Crippen molar-refractivity contribution in [2.75, 3.05) is 7.11 Å². The van der Waals surface area contributed by atoms with E-state index in [2.05, 4.69) is 5.10 Å². The van der Waals surface area contributed by atoms with Gasteiger partial charge in [-0.1, -0.05) is 35.9 Å². The van der Waals surface area contributed by atoms with Gasteiger partial charge in [0.05, 0.1) is 23.6 Å². The predicted molar refractivity (Wildman–Crippen MR) is 95.2 cm³/mol. The first-order chi connectivity index (χ1) is 12.1. The lowest BCUT2D eigenvalue weighted by Gasteiger charge is -2.09. The van der Waals surface area contributed by atoms with E-state index in [9.17, 15) is 4.79 Å². The SMILES string of the molecule is COCc1cc(OC(=O)c2ccccc2C)n(-c2ccc(C)cc2)n1. The molecule has 0 saturated carbocycles. The van der Waals surface area contributed by atoms with Crippen molar-refractivity contribution in [1.29, 1.82) is 0 Å². The van der Waals surface area contributed by atoms with Crippen molar-refractivity contribution in [2.45, 2.75) is 20.5 Å². The third-order valence-corrected chi connectivity index (χ3v) is 3.86. The minimum absolute atomic E-state index is 0.341. The Morgan fingerprint density at radius 3 is 2.48 bits per heavy atom.